The summed E-state index contributed by atoms with van der Waals surface area (Å²) in [4.78, 5) is 19.1. The second-order valence-corrected chi connectivity index (χ2v) is 6.30. The second kappa shape index (κ2) is 7.11. The Bertz CT molecular complexity index is 969. The summed E-state index contributed by atoms with van der Waals surface area (Å²) < 4.78 is 12.7. The second-order valence-electron chi connectivity index (χ2n) is 6.30. The van der Waals surface area contributed by atoms with Gasteiger partial charge < -0.3 is 9.47 Å². The van der Waals surface area contributed by atoms with E-state index in [9.17, 15) is 4.79 Å². The van der Waals surface area contributed by atoms with E-state index in [1.807, 2.05) is 43.3 Å². The molecular weight excluding hydrogens is 344 g/mol. The van der Waals surface area contributed by atoms with Gasteiger partial charge in [-0.15, -0.1) is 0 Å². The van der Waals surface area contributed by atoms with E-state index in [1.165, 1.54) is 0 Å². The Kier molecular flexibility index (Phi) is 4.50. The van der Waals surface area contributed by atoms with Gasteiger partial charge in [-0.25, -0.2) is 0 Å². The van der Waals surface area contributed by atoms with Crippen molar-refractivity contribution < 1.29 is 14.3 Å². The van der Waals surface area contributed by atoms with Crippen LogP contribution >= 0.6 is 0 Å². The smallest absolute Gasteiger partial charge is 0.277 e. The largest absolute Gasteiger partial charge is 0.487 e. The van der Waals surface area contributed by atoms with Crippen LogP contribution in [0, 0.1) is 6.92 Å². The Morgan fingerprint density at radius 1 is 1.11 bits per heavy atom. The predicted molar refractivity (Wildman–Crippen MR) is 100 cm³/mol. The minimum absolute atomic E-state index is 0.122. The first-order valence-corrected chi connectivity index (χ1v) is 8.74. The van der Waals surface area contributed by atoms with Gasteiger partial charge in [0.05, 0.1) is 13.7 Å². The molecule has 0 unspecified atom stereocenters. The number of nitrogens with zero attached hydrogens (tertiary/aromatic N) is 4. The van der Waals surface area contributed by atoms with E-state index >= 15 is 0 Å². The molecule has 138 valence electrons. The highest BCUT2D eigenvalue weighted by Crippen LogP contribution is 2.25. The number of ether oxygens (including phenoxy) is 2. The fourth-order valence-corrected chi connectivity index (χ4v) is 3.08. The van der Waals surface area contributed by atoms with Crippen molar-refractivity contribution in [3.63, 3.8) is 0 Å². The van der Waals surface area contributed by atoms with E-state index in [0.29, 0.717) is 37.1 Å². The average Bonchev–Trinajstić information content (AvgIpc) is 3.12. The molecule has 0 fully saturated rings. The fourth-order valence-electron chi connectivity index (χ4n) is 3.08. The highest BCUT2D eigenvalue weighted by Gasteiger charge is 2.29. The molecule has 0 N–H and O–H groups in total. The Hall–Kier alpha value is -3.35. The molecule has 0 saturated heterocycles. The topological polar surface area (TPSA) is 69.5 Å². The molecule has 1 aromatic carbocycles. The van der Waals surface area contributed by atoms with Crippen LogP contribution in [0.2, 0.25) is 0 Å². The summed E-state index contributed by atoms with van der Waals surface area (Å²) in [5.41, 5.74) is 2.18. The number of amides is 1. The number of carbonyl (C=O) groups excluding carboxylic acids is 1. The number of aryl methyl sites for hydroxylation is 1. The van der Waals surface area contributed by atoms with Crippen LogP contribution < -0.4 is 14.4 Å². The third-order valence-electron chi connectivity index (χ3n) is 4.47. The number of para-hydroxylation sites is 1. The lowest BCUT2D eigenvalue weighted by Crippen LogP contribution is -2.41. The molecule has 3 heterocycles. The highest BCUT2D eigenvalue weighted by molar-refractivity contribution is 6.05. The number of benzene rings is 1. The molecule has 0 spiro atoms. The Morgan fingerprint density at radius 3 is 2.70 bits per heavy atom. The maximum absolute atomic E-state index is 13.0. The number of carbonyl (C=O) groups is 1. The summed E-state index contributed by atoms with van der Waals surface area (Å²) in [7, 11) is 1.56. The number of hydrogen-bond donors (Lipinski definition) is 0. The van der Waals surface area contributed by atoms with Crippen molar-refractivity contribution in [2.75, 3.05) is 18.6 Å². The van der Waals surface area contributed by atoms with E-state index in [2.05, 4.69) is 10.1 Å². The van der Waals surface area contributed by atoms with E-state index in [4.69, 9.17) is 9.47 Å². The third-order valence-corrected chi connectivity index (χ3v) is 4.47. The summed E-state index contributed by atoms with van der Waals surface area (Å²) >= 11 is 0. The van der Waals surface area contributed by atoms with Gasteiger partial charge in [-0.2, -0.15) is 10.1 Å². The SMILES string of the molecule is COc1ccc(C)c(N2CCn3nc(COc4ccccc4)cc3C2=O)n1. The number of rotatable bonds is 5. The van der Waals surface area contributed by atoms with E-state index in [0.717, 1.165) is 17.0 Å². The first kappa shape index (κ1) is 17.1. The van der Waals surface area contributed by atoms with Crippen molar-refractivity contribution >= 4 is 11.7 Å². The van der Waals surface area contributed by atoms with Gasteiger partial charge in [0.25, 0.3) is 5.91 Å². The van der Waals surface area contributed by atoms with Gasteiger partial charge in [0, 0.05) is 12.6 Å². The van der Waals surface area contributed by atoms with E-state index < -0.39 is 0 Å². The zero-order valence-corrected chi connectivity index (χ0v) is 15.3. The zero-order valence-electron chi connectivity index (χ0n) is 15.3. The van der Waals surface area contributed by atoms with Crippen LogP contribution in [0.15, 0.2) is 48.5 Å². The molecule has 0 atom stereocenters. The molecule has 3 aromatic rings. The van der Waals surface area contributed by atoms with Gasteiger partial charge in [-0.3, -0.25) is 14.4 Å². The molecule has 0 saturated carbocycles. The van der Waals surface area contributed by atoms with Crippen LogP contribution in [0.5, 0.6) is 11.6 Å². The van der Waals surface area contributed by atoms with E-state index in [1.54, 1.807) is 28.8 Å². The van der Waals surface area contributed by atoms with Crippen LogP contribution in [0.1, 0.15) is 21.7 Å². The van der Waals surface area contributed by atoms with Crippen LogP contribution in [-0.4, -0.2) is 34.3 Å². The molecule has 0 aliphatic carbocycles. The third kappa shape index (κ3) is 3.36. The quantitative estimate of drug-likeness (QED) is 0.696. The van der Waals surface area contributed by atoms with Crippen molar-refractivity contribution in [3.05, 3.63) is 65.5 Å². The van der Waals surface area contributed by atoms with E-state index in [-0.39, 0.29) is 5.91 Å². The molecule has 7 nitrogen and oxygen atoms in total. The van der Waals surface area contributed by atoms with Crippen LogP contribution in [-0.2, 0) is 13.2 Å². The normalized spacial score (nSPS) is 13.4. The molecule has 0 bridgehead atoms. The number of hydrogen-bond acceptors (Lipinski definition) is 5. The maximum Gasteiger partial charge on any atom is 0.277 e. The van der Waals surface area contributed by atoms with Crippen molar-refractivity contribution in [1.82, 2.24) is 14.8 Å². The summed E-state index contributed by atoms with van der Waals surface area (Å²) in [6.07, 6.45) is 0. The molecule has 27 heavy (non-hydrogen) atoms. The zero-order chi connectivity index (χ0) is 18.8. The molecule has 4 rings (SSSR count). The molecule has 1 aliphatic heterocycles. The first-order valence-electron chi connectivity index (χ1n) is 8.74. The van der Waals surface area contributed by atoms with Gasteiger partial charge in [-0.1, -0.05) is 24.3 Å². The Morgan fingerprint density at radius 2 is 1.93 bits per heavy atom. The Labute approximate surface area is 157 Å². The predicted octanol–water partition coefficient (Wildman–Crippen LogP) is 2.83. The lowest BCUT2D eigenvalue weighted by molar-refractivity contribution is 0.0961. The maximum atomic E-state index is 13.0. The lowest BCUT2D eigenvalue weighted by atomic mass is 10.2. The molecule has 1 amide bonds. The molecule has 0 radical (unpaired) electrons. The van der Waals surface area contributed by atoms with Crippen molar-refractivity contribution in [2.45, 2.75) is 20.1 Å². The number of anilines is 1. The highest BCUT2D eigenvalue weighted by atomic mass is 16.5. The molecule has 2 aromatic heterocycles. The number of methoxy groups -OCH3 is 1. The van der Waals surface area contributed by atoms with Crippen molar-refractivity contribution in [3.8, 4) is 11.6 Å². The molecule has 1 aliphatic rings. The van der Waals surface area contributed by atoms with Crippen LogP contribution in [0.4, 0.5) is 5.82 Å². The minimum atomic E-state index is -0.122. The van der Waals surface area contributed by atoms with Crippen LogP contribution in [0.25, 0.3) is 0 Å². The monoisotopic (exact) mass is 364 g/mol. The molecular formula is C20H20N4O3. The van der Waals surface area contributed by atoms with Crippen molar-refractivity contribution in [1.29, 1.82) is 0 Å². The summed E-state index contributed by atoms with van der Waals surface area (Å²) in [5, 5.41) is 4.50. The van der Waals surface area contributed by atoms with Gasteiger partial charge in [0.2, 0.25) is 5.88 Å². The molecule has 7 heteroatoms. The van der Waals surface area contributed by atoms with Gasteiger partial charge in [-0.05, 0) is 30.7 Å². The lowest BCUT2D eigenvalue weighted by Gasteiger charge is -2.27. The van der Waals surface area contributed by atoms with Crippen molar-refractivity contribution in [2.24, 2.45) is 0 Å². The fraction of sp³-hybridized carbons (Fsp3) is 0.250. The summed E-state index contributed by atoms with van der Waals surface area (Å²) in [6, 6.07) is 15.0. The number of fused-ring (bicyclic) bond motifs is 1. The summed E-state index contributed by atoms with van der Waals surface area (Å²) in [6.45, 7) is 3.35. The minimum Gasteiger partial charge on any atom is -0.487 e. The van der Waals surface area contributed by atoms with Crippen LogP contribution in [0.3, 0.4) is 0 Å². The summed E-state index contributed by atoms with van der Waals surface area (Å²) in [5.74, 6) is 1.75. The number of pyridine rings is 1. The first-order chi connectivity index (χ1) is 13.2. The number of aromatic nitrogens is 3. The standard InChI is InChI=1S/C20H20N4O3/c1-14-8-9-18(26-2)21-19(14)23-10-11-24-17(20(23)25)12-15(22-24)13-27-16-6-4-3-5-7-16/h3-9,12H,10-11,13H2,1-2H3. The Balaban J connectivity index is 1.55. The van der Waals surface area contributed by atoms with Gasteiger partial charge >= 0.3 is 0 Å². The average molecular weight is 364 g/mol. The van der Waals surface area contributed by atoms with Gasteiger partial charge in [0.15, 0.2) is 0 Å². The van der Waals surface area contributed by atoms with Gasteiger partial charge in [0.1, 0.15) is 29.6 Å².